The molecule has 1 heterocycles. The van der Waals surface area contributed by atoms with E-state index in [1.54, 1.807) is 36.4 Å². The first-order valence-corrected chi connectivity index (χ1v) is 18.7. The van der Waals surface area contributed by atoms with Crippen LogP contribution in [0.15, 0.2) is 108 Å². The molecule has 0 atom stereocenters. The summed E-state index contributed by atoms with van der Waals surface area (Å²) in [6.45, 7) is 0. The van der Waals surface area contributed by atoms with Crippen LogP contribution < -0.4 is 0 Å². The predicted molar refractivity (Wildman–Crippen MR) is 230 cm³/mol. The van der Waals surface area contributed by atoms with Crippen LogP contribution in [0.3, 0.4) is 0 Å². The average molecular weight is 831 g/mol. The Kier molecular flexibility index (Phi) is 7.80. The van der Waals surface area contributed by atoms with E-state index in [4.69, 9.17) is 4.42 Å². The van der Waals surface area contributed by atoms with Gasteiger partial charge in [0.25, 0.3) is 0 Å². The highest BCUT2D eigenvalue weighted by atomic mass is 16.4. The summed E-state index contributed by atoms with van der Waals surface area (Å²) < 4.78 is 6.50. The summed E-state index contributed by atoms with van der Waals surface area (Å²) >= 11 is 0. The minimum atomic E-state index is -1.48. The average Bonchev–Trinajstić information content (AvgIpc) is 3.68. The van der Waals surface area contributed by atoms with Crippen molar-refractivity contribution < 1.29 is 70.8 Å². The Morgan fingerprint density at radius 3 is 1.06 bits per heavy atom. The lowest BCUT2D eigenvalue weighted by atomic mass is 9.83. The second-order valence-electron chi connectivity index (χ2n) is 14.7. The van der Waals surface area contributed by atoms with Gasteiger partial charge in [0.05, 0.1) is 27.8 Å². The Balaban J connectivity index is 1.24. The van der Waals surface area contributed by atoms with Crippen LogP contribution in [-0.2, 0) is 0 Å². The molecule has 0 spiro atoms. The third-order valence-electron chi connectivity index (χ3n) is 11.5. The molecule has 9 aromatic carbocycles. The number of hydrogen-bond donors (Lipinski definition) is 13. The van der Waals surface area contributed by atoms with Crippen LogP contribution in [0.2, 0.25) is 0 Å². The molecular weight excluding hydrogens is 801 g/mol. The third-order valence-corrected chi connectivity index (χ3v) is 11.5. The van der Waals surface area contributed by atoms with Gasteiger partial charge in [0.2, 0.25) is 17.2 Å². The van der Waals surface area contributed by atoms with Crippen LogP contribution in [0, 0.1) is 0 Å². The van der Waals surface area contributed by atoms with Crippen molar-refractivity contribution in [3.63, 3.8) is 0 Å². The van der Waals surface area contributed by atoms with Gasteiger partial charge in [-0.25, -0.2) is 0 Å². The van der Waals surface area contributed by atoms with Gasteiger partial charge in [-0.15, -0.1) is 0 Å². The molecule has 0 aliphatic heterocycles. The van der Waals surface area contributed by atoms with Crippen LogP contribution >= 0.6 is 0 Å². The van der Waals surface area contributed by atoms with Crippen molar-refractivity contribution in [2.75, 3.05) is 0 Å². The molecule has 0 unspecified atom stereocenters. The standard InChI is InChI=1S/C48H30O14/c49-35-30(36(50)38(52)31(37(35)51)32-39(53)41(55)33(42(56)40(32)54)34-43(57)45(59)47(61)46(60)44(34)58)29-22-12-5-3-10-20(22)27(21-11-4-6-13-23(21)29)24-14-7-15-26-28(24)25-17-16-18-8-1-2-9-19(18)48(25)62-26/h1-17,49-61H. The van der Waals surface area contributed by atoms with Gasteiger partial charge in [-0.1, -0.05) is 91.0 Å². The van der Waals surface area contributed by atoms with Gasteiger partial charge in [0.15, 0.2) is 57.5 Å². The van der Waals surface area contributed by atoms with Crippen molar-refractivity contribution in [2.24, 2.45) is 0 Å². The highest BCUT2D eigenvalue weighted by Crippen LogP contribution is 2.66. The molecule has 10 rings (SSSR count). The van der Waals surface area contributed by atoms with E-state index in [-0.39, 0.29) is 5.56 Å². The van der Waals surface area contributed by atoms with Gasteiger partial charge in [-0.2, -0.15) is 0 Å². The molecule has 0 radical (unpaired) electrons. The number of hydrogen-bond acceptors (Lipinski definition) is 14. The van der Waals surface area contributed by atoms with E-state index in [0.29, 0.717) is 32.7 Å². The van der Waals surface area contributed by atoms with Crippen molar-refractivity contribution in [1.82, 2.24) is 0 Å². The topological polar surface area (TPSA) is 276 Å². The van der Waals surface area contributed by atoms with Gasteiger partial charge in [-0.05, 0) is 50.2 Å². The fourth-order valence-corrected chi connectivity index (χ4v) is 8.72. The van der Waals surface area contributed by atoms with Crippen molar-refractivity contribution in [2.45, 2.75) is 0 Å². The van der Waals surface area contributed by atoms with Crippen molar-refractivity contribution in [1.29, 1.82) is 0 Å². The minimum absolute atomic E-state index is 0.148. The number of phenols is 13. The van der Waals surface area contributed by atoms with Crippen LogP contribution in [0.25, 0.3) is 98.8 Å². The van der Waals surface area contributed by atoms with Gasteiger partial charge < -0.3 is 70.8 Å². The largest absolute Gasteiger partial charge is 0.504 e. The Morgan fingerprint density at radius 2 is 0.613 bits per heavy atom. The first-order valence-electron chi connectivity index (χ1n) is 18.7. The highest BCUT2D eigenvalue weighted by molar-refractivity contribution is 6.27. The van der Waals surface area contributed by atoms with E-state index >= 15 is 0 Å². The summed E-state index contributed by atoms with van der Waals surface area (Å²) in [4.78, 5) is 0. The van der Waals surface area contributed by atoms with Crippen molar-refractivity contribution >= 4 is 54.3 Å². The molecule has 62 heavy (non-hydrogen) atoms. The molecule has 0 saturated heterocycles. The molecule has 0 saturated carbocycles. The quantitative estimate of drug-likeness (QED) is 0.0447. The molecule has 0 amide bonds. The molecule has 1 aromatic heterocycles. The molecular formula is C48H30O14. The van der Waals surface area contributed by atoms with E-state index in [0.717, 1.165) is 32.7 Å². The first-order chi connectivity index (χ1) is 29.7. The summed E-state index contributed by atoms with van der Waals surface area (Å²) in [7, 11) is 0. The maximum Gasteiger partial charge on any atom is 0.208 e. The zero-order valence-electron chi connectivity index (χ0n) is 31.5. The normalized spacial score (nSPS) is 11.7. The summed E-state index contributed by atoms with van der Waals surface area (Å²) in [5, 5.41) is 148. The van der Waals surface area contributed by atoms with Crippen LogP contribution in [-0.4, -0.2) is 66.4 Å². The monoisotopic (exact) mass is 830 g/mol. The third kappa shape index (κ3) is 4.79. The zero-order valence-corrected chi connectivity index (χ0v) is 31.5. The Labute approximate surface area is 346 Å². The maximum absolute atomic E-state index is 11.9. The van der Waals surface area contributed by atoms with E-state index in [9.17, 15) is 66.4 Å². The van der Waals surface area contributed by atoms with E-state index in [1.807, 2.05) is 66.7 Å². The molecule has 306 valence electrons. The Hall–Kier alpha value is -9.04. The van der Waals surface area contributed by atoms with E-state index < -0.39 is 103 Å². The first kappa shape index (κ1) is 37.2. The second kappa shape index (κ2) is 13.0. The number of fused-ring (bicyclic) bond motifs is 7. The number of aromatic hydroxyl groups is 13. The number of benzene rings is 9. The van der Waals surface area contributed by atoms with Crippen LogP contribution in [0.5, 0.6) is 74.7 Å². The SMILES string of the molecule is Oc1c(O)c(O)c(-c2c(O)c(O)c(-c3c(O)c(O)c(-c4c5ccccc5c(-c5cccc6oc7c8ccccc8ccc7c56)c5ccccc45)c(O)c3O)c(O)c2O)c(O)c1O. The Morgan fingerprint density at radius 1 is 0.258 bits per heavy atom. The fourth-order valence-electron chi connectivity index (χ4n) is 8.72. The molecule has 0 bridgehead atoms. The molecule has 14 heteroatoms. The van der Waals surface area contributed by atoms with Gasteiger partial charge in [0.1, 0.15) is 11.2 Å². The second-order valence-corrected chi connectivity index (χ2v) is 14.7. The highest BCUT2D eigenvalue weighted by Gasteiger charge is 2.37. The lowest BCUT2D eigenvalue weighted by Gasteiger charge is -2.22. The van der Waals surface area contributed by atoms with Crippen molar-refractivity contribution in [3.05, 3.63) is 103 Å². The smallest absolute Gasteiger partial charge is 0.208 e. The molecule has 0 fully saturated rings. The van der Waals surface area contributed by atoms with Crippen molar-refractivity contribution in [3.8, 4) is 119 Å². The Bertz CT molecular complexity index is 3480. The summed E-state index contributed by atoms with van der Waals surface area (Å²) in [6, 6.07) is 31.8. The van der Waals surface area contributed by atoms with E-state index in [1.165, 1.54) is 0 Å². The molecule has 0 aliphatic carbocycles. The number of phenolic OH excluding ortho intramolecular Hbond substituents is 13. The van der Waals surface area contributed by atoms with Gasteiger partial charge >= 0.3 is 0 Å². The predicted octanol–water partition coefficient (Wildman–Crippen LogP) is 9.89. The summed E-state index contributed by atoms with van der Waals surface area (Å²) in [6.07, 6.45) is 0. The number of furan rings is 1. The molecule has 0 aliphatic rings. The summed E-state index contributed by atoms with van der Waals surface area (Å²) in [5.74, 6) is -17.6. The molecule has 14 nitrogen and oxygen atoms in total. The number of rotatable bonds is 4. The molecule has 13 N–H and O–H groups in total. The van der Waals surface area contributed by atoms with Gasteiger partial charge in [0, 0.05) is 21.7 Å². The van der Waals surface area contributed by atoms with Gasteiger partial charge in [-0.3, -0.25) is 0 Å². The van der Waals surface area contributed by atoms with Crippen LogP contribution in [0.1, 0.15) is 0 Å². The zero-order chi connectivity index (χ0) is 43.6. The molecule has 10 aromatic rings. The summed E-state index contributed by atoms with van der Waals surface area (Å²) in [5.41, 5.74) is -2.03. The van der Waals surface area contributed by atoms with Crippen LogP contribution in [0.4, 0.5) is 0 Å². The van der Waals surface area contributed by atoms with E-state index in [2.05, 4.69) is 0 Å². The maximum atomic E-state index is 11.9. The fraction of sp³-hybridized carbons (Fsp3) is 0. The lowest BCUT2D eigenvalue weighted by Crippen LogP contribution is -1.94. The minimum Gasteiger partial charge on any atom is -0.504 e. The lowest BCUT2D eigenvalue weighted by molar-refractivity contribution is 0.329.